The van der Waals surface area contributed by atoms with Gasteiger partial charge in [0.1, 0.15) is 0 Å². The zero-order valence-corrected chi connectivity index (χ0v) is 9.77. The van der Waals surface area contributed by atoms with Crippen molar-refractivity contribution in [2.24, 2.45) is 0 Å². The summed E-state index contributed by atoms with van der Waals surface area (Å²) in [6.45, 7) is 5.89. The van der Waals surface area contributed by atoms with Gasteiger partial charge in [-0.1, -0.05) is 0 Å². The van der Waals surface area contributed by atoms with Gasteiger partial charge < -0.3 is 10.2 Å². The minimum Gasteiger partial charge on any atom is -0.362 e. The number of nitrogens with one attached hydrogen (secondary N) is 1. The molecule has 82 valence electrons. The van der Waals surface area contributed by atoms with Crippen LogP contribution in [0.3, 0.4) is 0 Å². The number of rotatable bonds is 2. The summed E-state index contributed by atoms with van der Waals surface area (Å²) in [6, 6.07) is 3.99. The van der Waals surface area contributed by atoms with Crippen LogP contribution in [0.1, 0.15) is 23.0 Å². The van der Waals surface area contributed by atoms with E-state index in [0.717, 1.165) is 31.1 Å². The average Bonchev–Trinajstić information content (AvgIpc) is 2.55. The molecule has 0 aromatic carbocycles. The van der Waals surface area contributed by atoms with E-state index in [2.05, 4.69) is 16.3 Å². The smallest absolute Gasteiger partial charge is 0.169 e. The number of nitrogens with zero attached hydrogens (tertiary/aromatic N) is 1. The van der Waals surface area contributed by atoms with Crippen LogP contribution >= 0.6 is 11.3 Å². The first-order chi connectivity index (χ1) is 7.27. The summed E-state index contributed by atoms with van der Waals surface area (Å²) in [7, 11) is 0. The largest absolute Gasteiger partial charge is 0.362 e. The number of carbonyl (C=O) groups is 1. The Kier molecular flexibility index (Phi) is 3.38. The van der Waals surface area contributed by atoms with Crippen LogP contribution < -0.4 is 10.2 Å². The number of carbonyl (C=O) groups excluding carboxylic acids is 1. The van der Waals surface area contributed by atoms with Crippen molar-refractivity contribution >= 4 is 22.1 Å². The summed E-state index contributed by atoms with van der Waals surface area (Å²) >= 11 is 1.61. The molecule has 3 nitrogen and oxygen atoms in total. The van der Waals surface area contributed by atoms with Crippen molar-refractivity contribution < 1.29 is 4.79 Å². The van der Waals surface area contributed by atoms with Gasteiger partial charge in [0.25, 0.3) is 0 Å². The first-order valence-corrected chi connectivity index (χ1v) is 6.15. The van der Waals surface area contributed by atoms with Gasteiger partial charge in [-0.25, -0.2) is 0 Å². The molecule has 1 saturated heterocycles. The zero-order valence-electron chi connectivity index (χ0n) is 8.95. The lowest BCUT2D eigenvalue weighted by Gasteiger charge is -2.19. The molecule has 1 aliphatic rings. The third kappa shape index (κ3) is 2.58. The van der Waals surface area contributed by atoms with Crippen LogP contribution in [-0.4, -0.2) is 32.0 Å². The fourth-order valence-corrected chi connectivity index (χ4v) is 2.71. The number of hydrogen-bond donors (Lipinski definition) is 1. The van der Waals surface area contributed by atoms with Crippen molar-refractivity contribution in [2.45, 2.75) is 13.3 Å². The van der Waals surface area contributed by atoms with Crippen molar-refractivity contribution in [2.75, 3.05) is 31.1 Å². The Morgan fingerprint density at radius 1 is 1.40 bits per heavy atom. The number of Topliss-reactive ketones (excluding diaryl/α,β-unsaturated/α-hetero) is 1. The maximum absolute atomic E-state index is 11.2. The molecule has 0 spiro atoms. The maximum Gasteiger partial charge on any atom is 0.169 e. The highest BCUT2D eigenvalue weighted by Gasteiger charge is 2.12. The van der Waals surface area contributed by atoms with Crippen molar-refractivity contribution in [3.63, 3.8) is 0 Å². The third-order valence-electron chi connectivity index (χ3n) is 2.59. The highest BCUT2D eigenvalue weighted by Crippen LogP contribution is 2.26. The maximum atomic E-state index is 11.2. The van der Waals surface area contributed by atoms with Crippen LogP contribution in [0.25, 0.3) is 0 Å². The summed E-state index contributed by atoms with van der Waals surface area (Å²) in [4.78, 5) is 14.4. The van der Waals surface area contributed by atoms with E-state index < -0.39 is 0 Å². The van der Waals surface area contributed by atoms with Gasteiger partial charge in [0.05, 0.1) is 9.88 Å². The molecule has 1 fully saturated rings. The van der Waals surface area contributed by atoms with E-state index in [1.165, 1.54) is 11.4 Å². The van der Waals surface area contributed by atoms with Crippen molar-refractivity contribution in [3.05, 3.63) is 17.0 Å². The Balaban J connectivity index is 2.10. The number of ketones is 1. The number of thiophene rings is 1. The molecule has 4 heteroatoms. The van der Waals surface area contributed by atoms with E-state index in [9.17, 15) is 4.79 Å². The van der Waals surface area contributed by atoms with Gasteiger partial charge in [-0.3, -0.25) is 4.79 Å². The Bertz CT molecular complexity index is 340. The molecule has 0 amide bonds. The predicted octanol–water partition coefficient (Wildman–Crippen LogP) is 1.75. The van der Waals surface area contributed by atoms with Crippen LogP contribution in [-0.2, 0) is 0 Å². The highest BCUT2D eigenvalue weighted by atomic mass is 32.1. The quantitative estimate of drug-likeness (QED) is 0.777. The highest BCUT2D eigenvalue weighted by molar-refractivity contribution is 7.18. The summed E-state index contributed by atoms with van der Waals surface area (Å²) in [5.74, 6) is 0.166. The van der Waals surface area contributed by atoms with Crippen molar-refractivity contribution in [3.8, 4) is 0 Å². The molecule has 2 rings (SSSR count). The summed E-state index contributed by atoms with van der Waals surface area (Å²) < 4.78 is 0. The van der Waals surface area contributed by atoms with Gasteiger partial charge in [-0.05, 0) is 32.0 Å². The van der Waals surface area contributed by atoms with E-state index in [4.69, 9.17) is 0 Å². The normalized spacial score (nSPS) is 17.5. The molecule has 0 atom stereocenters. The standard InChI is InChI=1S/C11H16N2OS/c1-9(14)10-3-4-11(15-10)13-7-2-5-12-6-8-13/h3-4,12H,2,5-8H2,1H3. The lowest BCUT2D eigenvalue weighted by molar-refractivity contribution is 0.102. The second-order valence-electron chi connectivity index (χ2n) is 3.78. The number of anilines is 1. The van der Waals surface area contributed by atoms with E-state index in [0.29, 0.717) is 0 Å². The van der Waals surface area contributed by atoms with Crippen LogP contribution in [0.15, 0.2) is 12.1 Å². The fourth-order valence-electron chi connectivity index (χ4n) is 1.75. The molecular weight excluding hydrogens is 208 g/mol. The van der Waals surface area contributed by atoms with E-state index in [1.807, 2.05) is 6.07 Å². The average molecular weight is 224 g/mol. The molecule has 0 radical (unpaired) electrons. The molecule has 0 unspecified atom stereocenters. The summed E-state index contributed by atoms with van der Waals surface area (Å²) in [5.41, 5.74) is 0. The van der Waals surface area contributed by atoms with Crippen LogP contribution in [0.4, 0.5) is 5.00 Å². The van der Waals surface area contributed by atoms with Crippen molar-refractivity contribution in [1.29, 1.82) is 0 Å². The number of hydrogen-bond acceptors (Lipinski definition) is 4. The van der Waals surface area contributed by atoms with Crippen molar-refractivity contribution in [1.82, 2.24) is 5.32 Å². The van der Waals surface area contributed by atoms with Gasteiger partial charge in [-0.15, -0.1) is 11.3 Å². The summed E-state index contributed by atoms with van der Waals surface area (Å²) in [6.07, 6.45) is 1.17. The molecule has 15 heavy (non-hydrogen) atoms. The van der Waals surface area contributed by atoms with Gasteiger partial charge in [0.15, 0.2) is 5.78 Å². The molecule has 0 bridgehead atoms. The topological polar surface area (TPSA) is 32.3 Å². The van der Waals surface area contributed by atoms with E-state index in [1.54, 1.807) is 18.3 Å². The molecular formula is C11H16N2OS. The molecule has 0 saturated carbocycles. The molecule has 1 aliphatic heterocycles. The minimum atomic E-state index is 0.166. The third-order valence-corrected chi connectivity index (χ3v) is 3.84. The molecule has 1 N–H and O–H groups in total. The van der Waals surface area contributed by atoms with E-state index >= 15 is 0 Å². The monoisotopic (exact) mass is 224 g/mol. The van der Waals surface area contributed by atoms with Gasteiger partial charge >= 0.3 is 0 Å². The Hall–Kier alpha value is -0.870. The second kappa shape index (κ2) is 4.77. The Morgan fingerprint density at radius 2 is 2.27 bits per heavy atom. The van der Waals surface area contributed by atoms with Gasteiger partial charge in [-0.2, -0.15) is 0 Å². The van der Waals surface area contributed by atoms with E-state index in [-0.39, 0.29) is 5.78 Å². The molecule has 1 aromatic heterocycles. The predicted molar refractivity (Wildman–Crippen MR) is 64.0 cm³/mol. The van der Waals surface area contributed by atoms with Crippen LogP contribution in [0, 0.1) is 0 Å². The molecule has 2 heterocycles. The Labute approximate surface area is 94.1 Å². The molecule has 1 aromatic rings. The zero-order chi connectivity index (χ0) is 10.7. The SMILES string of the molecule is CC(=O)c1ccc(N2CCCNCC2)s1. The lowest BCUT2D eigenvalue weighted by atomic mass is 10.3. The molecule has 0 aliphatic carbocycles. The van der Waals surface area contributed by atoms with Gasteiger partial charge in [0.2, 0.25) is 0 Å². The van der Waals surface area contributed by atoms with Crippen LogP contribution in [0.5, 0.6) is 0 Å². The first kappa shape index (κ1) is 10.6. The summed E-state index contributed by atoms with van der Waals surface area (Å²) in [5, 5.41) is 4.60. The fraction of sp³-hybridized carbons (Fsp3) is 0.545. The second-order valence-corrected chi connectivity index (χ2v) is 4.85. The van der Waals surface area contributed by atoms with Crippen LogP contribution in [0.2, 0.25) is 0 Å². The first-order valence-electron chi connectivity index (χ1n) is 5.34. The lowest BCUT2D eigenvalue weighted by Crippen LogP contribution is -2.26. The van der Waals surface area contributed by atoms with Gasteiger partial charge in [0, 0.05) is 19.6 Å². The Morgan fingerprint density at radius 3 is 3.00 bits per heavy atom. The minimum absolute atomic E-state index is 0.166.